The van der Waals surface area contributed by atoms with Crippen molar-refractivity contribution in [2.45, 2.75) is 33.2 Å². The van der Waals surface area contributed by atoms with Crippen molar-refractivity contribution in [1.29, 1.82) is 0 Å². The molecule has 0 radical (unpaired) electrons. The number of aryl methyl sites for hydroxylation is 1. The Labute approximate surface area is 107 Å². The Kier molecular flexibility index (Phi) is 3.60. The normalized spacial score (nSPS) is 10.9. The van der Waals surface area contributed by atoms with E-state index in [0.29, 0.717) is 5.92 Å². The highest BCUT2D eigenvalue weighted by Crippen LogP contribution is 2.31. The van der Waals surface area contributed by atoms with Gasteiger partial charge in [0.2, 0.25) is 0 Å². The molecular weight excluding hydrogens is 226 g/mol. The van der Waals surface area contributed by atoms with E-state index in [4.69, 9.17) is 0 Å². The van der Waals surface area contributed by atoms with Crippen LogP contribution in [0.2, 0.25) is 0 Å². The minimum absolute atomic E-state index is 0.355. The van der Waals surface area contributed by atoms with Crippen molar-refractivity contribution in [2.75, 3.05) is 12.4 Å². The van der Waals surface area contributed by atoms with Crippen LogP contribution in [0.5, 0.6) is 0 Å². The number of aromatic nitrogens is 4. The molecule has 0 aliphatic rings. The molecule has 2 rings (SSSR count). The number of nitrogens with zero attached hydrogens (tertiary/aromatic N) is 4. The maximum absolute atomic E-state index is 4.42. The minimum Gasteiger partial charge on any atom is -0.373 e. The van der Waals surface area contributed by atoms with Gasteiger partial charge in [0.25, 0.3) is 0 Å². The smallest absolute Gasteiger partial charge is 0.133 e. The molecule has 0 bridgehead atoms. The second kappa shape index (κ2) is 5.16. The quantitative estimate of drug-likeness (QED) is 0.899. The van der Waals surface area contributed by atoms with Crippen molar-refractivity contribution in [2.24, 2.45) is 0 Å². The van der Waals surface area contributed by atoms with E-state index >= 15 is 0 Å². The summed E-state index contributed by atoms with van der Waals surface area (Å²) in [7, 11) is 1.88. The van der Waals surface area contributed by atoms with Gasteiger partial charge in [0, 0.05) is 30.9 Å². The molecule has 0 amide bonds. The second-order valence-electron chi connectivity index (χ2n) is 4.47. The lowest BCUT2D eigenvalue weighted by Crippen LogP contribution is -2.04. The van der Waals surface area contributed by atoms with Gasteiger partial charge < -0.3 is 5.32 Å². The lowest BCUT2D eigenvalue weighted by Gasteiger charge is -2.14. The topological polar surface area (TPSA) is 55.6 Å². The highest BCUT2D eigenvalue weighted by Gasteiger charge is 2.16. The highest BCUT2D eigenvalue weighted by molar-refractivity contribution is 5.68. The zero-order valence-electron chi connectivity index (χ0n) is 11.3. The molecule has 0 saturated heterocycles. The van der Waals surface area contributed by atoms with Gasteiger partial charge in [0.1, 0.15) is 12.1 Å². The minimum atomic E-state index is 0.355. The molecule has 5 nitrogen and oxygen atoms in total. The maximum Gasteiger partial charge on any atom is 0.133 e. The summed E-state index contributed by atoms with van der Waals surface area (Å²) >= 11 is 0. The van der Waals surface area contributed by atoms with Crippen LogP contribution < -0.4 is 5.32 Å². The number of anilines is 1. The Morgan fingerprint density at radius 3 is 2.67 bits per heavy atom. The van der Waals surface area contributed by atoms with Gasteiger partial charge in [-0.2, -0.15) is 5.10 Å². The van der Waals surface area contributed by atoms with Crippen LogP contribution in [0.4, 0.5) is 5.82 Å². The van der Waals surface area contributed by atoms with E-state index in [1.54, 1.807) is 6.33 Å². The first-order valence-corrected chi connectivity index (χ1v) is 6.22. The van der Waals surface area contributed by atoms with Crippen molar-refractivity contribution in [3.63, 3.8) is 0 Å². The average molecular weight is 245 g/mol. The lowest BCUT2D eigenvalue weighted by molar-refractivity contribution is 0.660. The number of rotatable bonds is 4. The molecule has 0 aliphatic heterocycles. The van der Waals surface area contributed by atoms with Gasteiger partial charge in [0.15, 0.2) is 0 Å². The van der Waals surface area contributed by atoms with Crippen molar-refractivity contribution < 1.29 is 0 Å². The standard InChI is InChI=1S/C13H19N5/c1-5-18-7-10(6-17-18)12-11(9(2)3)13(14-4)16-8-15-12/h6-9H,5H2,1-4H3,(H,14,15,16). The zero-order chi connectivity index (χ0) is 13.1. The van der Waals surface area contributed by atoms with Crippen LogP contribution in [-0.4, -0.2) is 26.8 Å². The van der Waals surface area contributed by atoms with Gasteiger partial charge in [-0.3, -0.25) is 4.68 Å². The Hall–Kier alpha value is -1.91. The Morgan fingerprint density at radius 1 is 1.33 bits per heavy atom. The first kappa shape index (κ1) is 12.5. The predicted molar refractivity (Wildman–Crippen MR) is 72.6 cm³/mol. The van der Waals surface area contributed by atoms with Crippen LogP contribution in [0.15, 0.2) is 18.7 Å². The molecule has 0 aliphatic carbocycles. The van der Waals surface area contributed by atoms with Gasteiger partial charge in [-0.05, 0) is 12.8 Å². The van der Waals surface area contributed by atoms with E-state index in [1.807, 2.05) is 24.1 Å². The fourth-order valence-electron chi connectivity index (χ4n) is 2.03. The van der Waals surface area contributed by atoms with Gasteiger partial charge >= 0.3 is 0 Å². The summed E-state index contributed by atoms with van der Waals surface area (Å²) in [5, 5.41) is 7.43. The van der Waals surface area contributed by atoms with Crippen molar-refractivity contribution >= 4 is 5.82 Å². The van der Waals surface area contributed by atoms with Gasteiger partial charge in [-0.25, -0.2) is 9.97 Å². The maximum atomic E-state index is 4.42. The molecule has 5 heteroatoms. The molecule has 2 aromatic rings. The van der Waals surface area contributed by atoms with E-state index < -0.39 is 0 Å². The summed E-state index contributed by atoms with van der Waals surface area (Å²) < 4.78 is 1.90. The third kappa shape index (κ3) is 2.20. The van der Waals surface area contributed by atoms with E-state index in [-0.39, 0.29) is 0 Å². The molecule has 96 valence electrons. The first-order chi connectivity index (χ1) is 8.67. The molecule has 0 saturated carbocycles. The molecule has 0 fully saturated rings. The van der Waals surface area contributed by atoms with E-state index in [0.717, 1.165) is 29.2 Å². The number of hydrogen-bond acceptors (Lipinski definition) is 4. The molecule has 1 N–H and O–H groups in total. The molecular formula is C13H19N5. The zero-order valence-corrected chi connectivity index (χ0v) is 11.3. The Bertz CT molecular complexity index is 530. The number of hydrogen-bond donors (Lipinski definition) is 1. The fourth-order valence-corrected chi connectivity index (χ4v) is 2.03. The summed E-state index contributed by atoms with van der Waals surface area (Å²) in [5.41, 5.74) is 3.14. The van der Waals surface area contributed by atoms with Crippen molar-refractivity contribution in [3.05, 3.63) is 24.3 Å². The largest absolute Gasteiger partial charge is 0.373 e. The van der Waals surface area contributed by atoms with E-state index in [1.165, 1.54) is 0 Å². The number of nitrogens with one attached hydrogen (secondary N) is 1. The van der Waals surface area contributed by atoms with Crippen LogP contribution in [-0.2, 0) is 6.54 Å². The molecule has 2 heterocycles. The van der Waals surface area contributed by atoms with Crippen LogP contribution in [0.25, 0.3) is 11.3 Å². The van der Waals surface area contributed by atoms with Crippen LogP contribution in [0.1, 0.15) is 32.3 Å². The summed E-state index contributed by atoms with van der Waals surface area (Å²) in [6.07, 6.45) is 5.47. The highest BCUT2D eigenvalue weighted by atomic mass is 15.3. The van der Waals surface area contributed by atoms with Gasteiger partial charge in [-0.1, -0.05) is 13.8 Å². The van der Waals surface area contributed by atoms with Crippen LogP contribution >= 0.6 is 0 Å². The summed E-state index contributed by atoms with van der Waals surface area (Å²) in [6.45, 7) is 7.22. The Balaban J connectivity index is 2.55. The SMILES string of the molecule is CCn1cc(-c2ncnc(NC)c2C(C)C)cn1. The molecule has 0 unspecified atom stereocenters. The molecule has 0 atom stereocenters. The van der Waals surface area contributed by atoms with E-state index in [9.17, 15) is 0 Å². The second-order valence-corrected chi connectivity index (χ2v) is 4.47. The Morgan fingerprint density at radius 2 is 2.11 bits per heavy atom. The van der Waals surface area contributed by atoms with Crippen LogP contribution in [0, 0.1) is 0 Å². The third-order valence-corrected chi connectivity index (χ3v) is 2.93. The third-order valence-electron chi connectivity index (χ3n) is 2.93. The first-order valence-electron chi connectivity index (χ1n) is 6.22. The van der Waals surface area contributed by atoms with Crippen molar-refractivity contribution in [1.82, 2.24) is 19.7 Å². The molecule has 0 aromatic carbocycles. The lowest BCUT2D eigenvalue weighted by atomic mass is 9.99. The molecule has 18 heavy (non-hydrogen) atoms. The summed E-state index contributed by atoms with van der Waals surface area (Å²) in [5.74, 6) is 1.24. The predicted octanol–water partition coefficient (Wildman–Crippen LogP) is 2.53. The average Bonchev–Trinajstić information content (AvgIpc) is 2.86. The fraction of sp³-hybridized carbons (Fsp3) is 0.462. The monoisotopic (exact) mass is 245 g/mol. The van der Waals surface area contributed by atoms with Crippen molar-refractivity contribution in [3.8, 4) is 11.3 Å². The molecule has 0 spiro atoms. The van der Waals surface area contributed by atoms with Gasteiger partial charge in [0.05, 0.1) is 11.9 Å². The summed E-state index contributed by atoms with van der Waals surface area (Å²) in [6, 6.07) is 0. The van der Waals surface area contributed by atoms with E-state index in [2.05, 4.69) is 41.2 Å². The van der Waals surface area contributed by atoms with Gasteiger partial charge in [-0.15, -0.1) is 0 Å². The molecule has 2 aromatic heterocycles. The summed E-state index contributed by atoms with van der Waals surface area (Å²) in [4.78, 5) is 8.70. The van der Waals surface area contributed by atoms with Crippen LogP contribution in [0.3, 0.4) is 0 Å².